The first kappa shape index (κ1) is 24.2. The summed E-state index contributed by atoms with van der Waals surface area (Å²) in [7, 11) is 0. The number of Topliss-reactive ketones (excluding diaryl/α,β-unsaturated/α-hetero) is 1. The second-order valence-corrected chi connectivity index (χ2v) is 10.7. The first-order valence-corrected chi connectivity index (χ1v) is 13.1. The monoisotopic (exact) mass is 534 g/mol. The normalized spacial score (nSPS) is 17.1. The number of aromatic nitrogens is 3. The van der Waals surface area contributed by atoms with Gasteiger partial charge in [0.1, 0.15) is 5.76 Å². The Kier molecular flexibility index (Phi) is 6.86. The minimum atomic E-state index is -0.846. The number of pyridine rings is 1. The van der Waals surface area contributed by atoms with Crippen LogP contribution in [0.25, 0.3) is 5.76 Å². The van der Waals surface area contributed by atoms with Crippen molar-refractivity contribution in [2.24, 2.45) is 0 Å². The molecule has 1 amide bonds. The minimum Gasteiger partial charge on any atom is -0.507 e. The van der Waals surface area contributed by atoms with Gasteiger partial charge in [0.05, 0.1) is 11.6 Å². The second-order valence-electron chi connectivity index (χ2n) is 8.08. The molecule has 1 aliphatic rings. The van der Waals surface area contributed by atoms with Crippen molar-refractivity contribution in [1.82, 2.24) is 15.2 Å². The van der Waals surface area contributed by atoms with Crippen LogP contribution < -0.4 is 4.90 Å². The molecule has 1 unspecified atom stereocenters. The number of nitrogens with zero attached hydrogens (tertiary/aromatic N) is 4. The number of amides is 1. The minimum absolute atomic E-state index is 0.000574. The maximum atomic E-state index is 13.3. The van der Waals surface area contributed by atoms with E-state index in [4.69, 9.17) is 11.6 Å². The first-order chi connectivity index (χ1) is 17.4. The zero-order chi connectivity index (χ0) is 25.2. The van der Waals surface area contributed by atoms with Crippen molar-refractivity contribution >= 4 is 57.3 Å². The smallest absolute Gasteiger partial charge is 0.301 e. The van der Waals surface area contributed by atoms with Crippen LogP contribution in [0.4, 0.5) is 5.13 Å². The van der Waals surface area contributed by atoms with E-state index in [2.05, 4.69) is 15.2 Å². The van der Waals surface area contributed by atoms with E-state index in [0.29, 0.717) is 26.2 Å². The zero-order valence-electron chi connectivity index (χ0n) is 19.0. The van der Waals surface area contributed by atoms with Gasteiger partial charge in [-0.2, -0.15) is 0 Å². The molecule has 2 aromatic carbocycles. The number of thioether (sulfide) groups is 1. The van der Waals surface area contributed by atoms with E-state index in [9.17, 15) is 14.7 Å². The van der Waals surface area contributed by atoms with Crippen molar-refractivity contribution < 1.29 is 14.7 Å². The summed E-state index contributed by atoms with van der Waals surface area (Å²) in [6.45, 7) is 1.95. The van der Waals surface area contributed by atoms with Gasteiger partial charge in [0.25, 0.3) is 5.78 Å². The van der Waals surface area contributed by atoms with Crippen LogP contribution in [0.2, 0.25) is 5.02 Å². The second kappa shape index (κ2) is 10.2. The molecule has 7 nitrogen and oxygen atoms in total. The van der Waals surface area contributed by atoms with Gasteiger partial charge in [-0.05, 0) is 42.3 Å². The summed E-state index contributed by atoms with van der Waals surface area (Å²) in [4.78, 5) is 31.8. The number of aliphatic hydroxyl groups is 1. The lowest BCUT2D eigenvalue weighted by molar-refractivity contribution is -0.132. The molecule has 1 N–H and O–H groups in total. The van der Waals surface area contributed by atoms with Gasteiger partial charge >= 0.3 is 5.91 Å². The third kappa shape index (κ3) is 4.77. The molecule has 0 spiro atoms. The highest BCUT2D eigenvalue weighted by atomic mass is 35.5. The van der Waals surface area contributed by atoms with Gasteiger partial charge in [-0.25, -0.2) is 0 Å². The Balaban J connectivity index is 1.52. The summed E-state index contributed by atoms with van der Waals surface area (Å²) < 4.78 is 0.652. The maximum Gasteiger partial charge on any atom is 0.301 e. The lowest BCUT2D eigenvalue weighted by atomic mass is 9.95. The van der Waals surface area contributed by atoms with Crippen molar-refractivity contribution in [2.75, 3.05) is 4.90 Å². The van der Waals surface area contributed by atoms with Crippen molar-refractivity contribution in [1.29, 1.82) is 0 Å². The summed E-state index contributed by atoms with van der Waals surface area (Å²) in [6, 6.07) is 17.3. The van der Waals surface area contributed by atoms with Gasteiger partial charge in [0.15, 0.2) is 4.34 Å². The van der Waals surface area contributed by atoms with Gasteiger partial charge in [-0.15, -0.1) is 10.2 Å². The number of carbonyl (C=O) groups excluding carboxylic acids is 2. The molecule has 0 saturated carbocycles. The van der Waals surface area contributed by atoms with Crippen LogP contribution in [0, 0.1) is 6.92 Å². The molecule has 5 rings (SSSR count). The van der Waals surface area contributed by atoms with E-state index in [1.807, 2.05) is 55.5 Å². The zero-order valence-corrected chi connectivity index (χ0v) is 21.3. The molecule has 0 aliphatic carbocycles. The topological polar surface area (TPSA) is 96.3 Å². The third-order valence-corrected chi connectivity index (χ3v) is 8.05. The molecule has 2 aromatic heterocycles. The number of hydrogen-bond donors (Lipinski definition) is 1. The van der Waals surface area contributed by atoms with Crippen LogP contribution >= 0.6 is 34.7 Å². The molecular formula is C26H19ClN4O3S2. The highest BCUT2D eigenvalue weighted by Crippen LogP contribution is 2.44. The number of anilines is 1. The molecule has 1 atom stereocenters. The number of benzene rings is 2. The maximum absolute atomic E-state index is 13.3. The van der Waals surface area contributed by atoms with E-state index >= 15 is 0 Å². The van der Waals surface area contributed by atoms with Crippen LogP contribution in [0.15, 0.2) is 83.0 Å². The lowest BCUT2D eigenvalue weighted by Crippen LogP contribution is -2.29. The van der Waals surface area contributed by atoms with Gasteiger partial charge in [0, 0.05) is 28.7 Å². The van der Waals surface area contributed by atoms with Crippen molar-refractivity contribution in [2.45, 2.75) is 23.1 Å². The largest absolute Gasteiger partial charge is 0.507 e. The summed E-state index contributed by atoms with van der Waals surface area (Å²) in [5.74, 6) is -1.15. The highest BCUT2D eigenvalue weighted by molar-refractivity contribution is 8.00. The highest BCUT2D eigenvalue weighted by Gasteiger charge is 2.48. The van der Waals surface area contributed by atoms with Crippen LogP contribution in [0.5, 0.6) is 0 Å². The van der Waals surface area contributed by atoms with Crippen LogP contribution in [-0.4, -0.2) is 32.0 Å². The van der Waals surface area contributed by atoms with Crippen molar-refractivity contribution in [3.63, 3.8) is 0 Å². The molecule has 36 heavy (non-hydrogen) atoms. The predicted molar refractivity (Wildman–Crippen MR) is 141 cm³/mol. The quantitative estimate of drug-likeness (QED) is 0.109. The standard InChI is InChI=1S/C26H19ClN4O3S2/c1-15-2-6-17(7-3-15)21-20(22(32)18-10-12-28-13-11-18)23(33)24(34)31(21)25-29-30-26(36-25)35-14-16-4-8-19(27)9-5-16/h2-13,21,32H,14H2,1H3/b22-20+. The van der Waals surface area contributed by atoms with Gasteiger partial charge in [0.2, 0.25) is 5.13 Å². The molecule has 180 valence electrons. The molecule has 1 fully saturated rings. The van der Waals surface area contributed by atoms with E-state index in [1.54, 1.807) is 12.1 Å². The Labute approximate surface area is 220 Å². The Hall–Kier alpha value is -3.53. The fourth-order valence-electron chi connectivity index (χ4n) is 3.84. The predicted octanol–water partition coefficient (Wildman–Crippen LogP) is 5.81. The van der Waals surface area contributed by atoms with Crippen molar-refractivity contribution in [3.8, 4) is 0 Å². The number of aryl methyl sites for hydroxylation is 1. The van der Waals surface area contributed by atoms with E-state index in [-0.39, 0.29) is 16.5 Å². The van der Waals surface area contributed by atoms with Gasteiger partial charge < -0.3 is 5.11 Å². The summed E-state index contributed by atoms with van der Waals surface area (Å²) in [5.41, 5.74) is 3.18. The number of hydrogen-bond acceptors (Lipinski definition) is 8. The molecule has 0 bridgehead atoms. The Bertz CT molecular complexity index is 1450. The molecule has 1 saturated heterocycles. The van der Waals surface area contributed by atoms with E-state index in [1.165, 1.54) is 40.4 Å². The number of ketones is 1. The number of carbonyl (C=O) groups is 2. The van der Waals surface area contributed by atoms with E-state index < -0.39 is 17.7 Å². The SMILES string of the molecule is Cc1ccc(C2/C(=C(\O)c3ccncc3)C(=O)C(=O)N2c2nnc(SCc3ccc(Cl)cc3)s2)cc1. The van der Waals surface area contributed by atoms with Gasteiger partial charge in [-0.3, -0.25) is 19.5 Å². The number of aliphatic hydroxyl groups excluding tert-OH is 1. The molecular weight excluding hydrogens is 516 g/mol. The number of rotatable bonds is 6. The lowest BCUT2D eigenvalue weighted by Gasteiger charge is -2.22. The molecule has 4 aromatic rings. The number of halogens is 1. The summed E-state index contributed by atoms with van der Waals surface area (Å²) in [6.07, 6.45) is 3.03. The van der Waals surface area contributed by atoms with Gasteiger partial charge in [-0.1, -0.05) is 76.7 Å². The van der Waals surface area contributed by atoms with E-state index in [0.717, 1.165) is 11.1 Å². The Morgan fingerprint density at radius 3 is 2.42 bits per heavy atom. The van der Waals surface area contributed by atoms with Crippen LogP contribution in [0.3, 0.4) is 0 Å². The van der Waals surface area contributed by atoms with Crippen LogP contribution in [0.1, 0.15) is 28.3 Å². The molecule has 0 radical (unpaired) electrons. The van der Waals surface area contributed by atoms with Crippen LogP contribution in [-0.2, 0) is 15.3 Å². The Morgan fingerprint density at radius 1 is 1.03 bits per heavy atom. The van der Waals surface area contributed by atoms with Crippen molar-refractivity contribution in [3.05, 3.63) is 106 Å². The molecule has 1 aliphatic heterocycles. The summed E-state index contributed by atoms with van der Waals surface area (Å²) in [5, 5.41) is 20.5. The summed E-state index contributed by atoms with van der Waals surface area (Å²) >= 11 is 8.66. The fourth-order valence-corrected chi connectivity index (χ4v) is 5.79. The first-order valence-electron chi connectivity index (χ1n) is 10.9. The fraction of sp³-hybridized carbons (Fsp3) is 0.115. The molecule has 3 heterocycles. The molecule has 10 heteroatoms. The Morgan fingerprint density at radius 2 is 1.72 bits per heavy atom. The average Bonchev–Trinajstić information content (AvgIpc) is 3.46. The average molecular weight is 535 g/mol. The third-order valence-electron chi connectivity index (χ3n) is 5.67.